The molecule has 0 bridgehead atoms. The van der Waals surface area contributed by atoms with Crippen LogP contribution in [-0.2, 0) is 0 Å². The van der Waals surface area contributed by atoms with Crippen molar-refractivity contribution in [3.05, 3.63) is 59.0 Å². The Bertz CT molecular complexity index is 1140. The van der Waals surface area contributed by atoms with Crippen molar-refractivity contribution in [1.29, 1.82) is 0 Å². The van der Waals surface area contributed by atoms with Crippen molar-refractivity contribution in [2.45, 2.75) is 25.7 Å². The van der Waals surface area contributed by atoms with Gasteiger partial charge in [0.1, 0.15) is 11.6 Å². The largest absolute Gasteiger partial charge is 0.496 e. The summed E-state index contributed by atoms with van der Waals surface area (Å²) in [5.74, 6) is 0.0797. The Morgan fingerprint density at radius 2 is 2.00 bits per heavy atom. The fourth-order valence-electron chi connectivity index (χ4n) is 4.23. The Hall–Kier alpha value is -3.19. The molecule has 31 heavy (non-hydrogen) atoms. The Morgan fingerprint density at radius 1 is 1.26 bits per heavy atom. The first-order valence-corrected chi connectivity index (χ1v) is 10.4. The molecule has 3 N–H and O–H groups in total. The summed E-state index contributed by atoms with van der Waals surface area (Å²) >= 11 is 0. The number of nitrogens with one attached hydrogen (secondary N) is 1. The lowest BCUT2D eigenvalue weighted by molar-refractivity contribution is 0.100. The number of anilines is 2. The van der Waals surface area contributed by atoms with Gasteiger partial charge in [0.25, 0.3) is 5.91 Å². The lowest BCUT2D eigenvalue weighted by Gasteiger charge is -2.30. The third-order valence-electron chi connectivity index (χ3n) is 6.03. The first-order chi connectivity index (χ1) is 14.9. The molecule has 0 atom stereocenters. The molecule has 0 aliphatic carbocycles. The molecule has 1 aliphatic rings. The molecule has 6 nitrogen and oxygen atoms in total. The zero-order chi connectivity index (χ0) is 22.1. The molecule has 0 saturated carbocycles. The standard InChI is InChI=1S/C24H27FN4O2/c1-14-4-5-20(19(25)10-14)28-23-17-11-16(15-6-8-29(2)9-7-15)22(31-3)12-21(17)27-13-18(23)24(26)30/h4-5,10-13,15H,6-9H2,1-3H3,(H2,26,30)(H,27,28). The van der Waals surface area contributed by atoms with Crippen molar-refractivity contribution in [2.24, 2.45) is 5.73 Å². The number of benzene rings is 2. The number of rotatable bonds is 5. The molecule has 1 aromatic heterocycles. The monoisotopic (exact) mass is 422 g/mol. The molecule has 2 aromatic carbocycles. The number of piperidine rings is 1. The van der Waals surface area contributed by atoms with Crippen molar-refractivity contribution in [2.75, 3.05) is 32.6 Å². The van der Waals surface area contributed by atoms with Crippen LogP contribution in [-0.4, -0.2) is 43.0 Å². The van der Waals surface area contributed by atoms with E-state index in [2.05, 4.69) is 22.2 Å². The molecule has 1 amide bonds. The van der Waals surface area contributed by atoms with Crippen LogP contribution in [0.25, 0.3) is 10.9 Å². The van der Waals surface area contributed by atoms with Crippen LogP contribution in [0.2, 0.25) is 0 Å². The summed E-state index contributed by atoms with van der Waals surface area (Å²) in [5.41, 5.74) is 9.10. The van der Waals surface area contributed by atoms with E-state index in [1.54, 1.807) is 13.2 Å². The first-order valence-electron chi connectivity index (χ1n) is 10.4. The maximum absolute atomic E-state index is 14.6. The zero-order valence-corrected chi connectivity index (χ0v) is 18.0. The number of amides is 1. The van der Waals surface area contributed by atoms with Gasteiger partial charge in [-0.25, -0.2) is 4.39 Å². The minimum atomic E-state index is -0.624. The highest BCUT2D eigenvalue weighted by atomic mass is 19.1. The number of hydrogen-bond acceptors (Lipinski definition) is 5. The Balaban J connectivity index is 1.88. The molecule has 0 unspecified atom stereocenters. The smallest absolute Gasteiger partial charge is 0.252 e. The molecule has 7 heteroatoms. The summed E-state index contributed by atoms with van der Waals surface area (Å²) in [6.07, 6.45) is 3.45. The first kappa shape index (κ1) is 21.1. The summed E-state index contributed by atoms with van der Waals surface area (Å²) in [6.45, 7) is 3.83. The van der Waals surface area contributed by atoms with E-state index in [9.17, 15) is 9.18 Å². The van der Waals surface area contributed by atoms with E-state index in [4.69, 9.17) is 10.5 Å². The van der Waals surface area contributed by atoms with E-state index < -0.39 is 11.7 Å². The highest BCUT2D eigenvalue weighted by molar-refractivity contribution is 6.07. The van der Waals surface area contributed by atoms with E-state index in [0.717, 1.165) is 42.8 Å². The number of halogens is 1. The highest BCUT2D eigenvalue weighted by Crippen LogP contribution is 2.39. The quantitative estimate of drug-likeness (QED) is 0.639. The number of carbonyl (C=O) groups is 1. The minimum Gasteiger partial charge on any atom is -0.496 e. The number of primary amides is 1. The number of aromatic nitrogens is 1. The van der Waals surface area contributed by atoms with Gasteiger partial charge in [-0.15, -0.1) is 0 Å². The molecule has 4 rings (SSSR count). The fraction of sp³-hybridized carbons (Fsp3) is 0.333. The van der Waals surface area contributed by atoms with Crippen LogP contribution in [0.15, 0.2) is 36.5 Å². The number of aryl methyl sites for hydroxylation is 1. The molecule has 1 fully saturated rings. The van der Waals surface area contributed by atoms with Crippen LogP contribution in [0.1, 0.15) is 40.2 Å². The van der Waals surface area contributed by atoms with Gasteiger partial charge in [0, 0.05) is 17.6 Å². The van der Waals surface area contributed by atoms with Gasteiger partial charge in [0.15, 0.2) is 0 Å². The van der Waals surface area contributed by atoms with Gasteiger partial charge >= 0.3 is 0 Å². The van der Waals surface area contributed by atoms with E-state index in [0.29, 0.717) is 22.5 Å². The third kappa shape index (κ3) is 4.18. The number of likely N-dealkylation sites (tertiary alicyclic amines) is 1. The molecule has 1 aliphatic heterocycles. The fourth-order valence-corrected chi connectivity index (χ4v) is 4.23. The number of ether oxygens (including phenoxy) is 1. The van der Waals surface area contributed by atoms with Gasteiger partial charge in [-0.1, -0.05) is 6.07 Å². The lowest BCUT2D eigenvalue weighted by atomic mass is 9.87. The van der Waals surface area contributed by atoms with Crippen molar-refractivity contribution in [3.63, 3.8) is 0 Å². The second-order valence-corrected chi connectivity index (χ2v) is 8.21. The average molecular weight is 423 g/mol. The number of carbonyl (C=O) groups excluding carboxylic acids is 1. The van der Waals surface area contributed by atoms with Gasteiger partial charge in [-0.2, -0.15) is 0 Å². The number of hydrogen-bond donors (Lipinski definition) is 2. The summed E-state index contributed by atoms with van der Waals surface area (Å²) < 4.78 is 20.3. The van der Waals surface area contributed by atoms with Gasteiger partial charge < -0.3 is 20.7 Å². The van der Waals surface area contributed by atoms with E-state index in [-0.39, 0.29) is 11.3 Å². The van der Waals surface area contributed by atoms with Crippen LogP contribution >= 0.6 is 0 Å². The molecule has 2 heterocycles. The number of nitrogens with zero attached hydrogens (tertiary/aromatic N) is 2. The molecular formula is C24H27FN4O2. The average Bonchev–Trinajstić information content (AvgIpc) is 2.75. The van der Waals surface area contributed by atoms with Crippen LogP contribution in [0, 0.1) is 12.7 Å². The van der Waals surface area contributed by atoms with Gasteiger partial charge in [0.05, 0.1) is 29.6 Å². The van der Waals surface area contributed by atoms with Crippen molar-refractivity contribution in [3.8, 4) is 5.75 Å². The van der Waals surface area contributed by atoms with Crippen LogP contribution in [0.3, 0.4) is 0 Å². The predicted octanol–water partition coefficient (Wildman–Crippen LogP) is 4.34. The van der Waals surface area contributed by atoms with Gasteiger partial charge in [0.2, 0.25) is 0 Å². The van der Waals surface area contributed by atoms with Crippen molar-refractivity contribution < 1.29 is 13.9 Å². The van der Waals surface area contributed by atoms with E-state index in [1.165, 1.54) is 12.3 Å². The van der Waals surface area contributed by atoms with Gasteiger partial charge in [-0.05, 0) is 75.1 Å². The summed E-state index contributed by atoms with van der Waals surface area (Å²) in [6, 6.07) is 8.81. The lowest BCUT2D eigenvalue weighted by Crippen LogP contribution is -2.29. The summed E-state index contributed by atoms with van der Waals surface area (Å²) in [5, 5.41) is 3.82. The predicted molar refractivity (Wildman–Crippen MR) is 121 cm³/mol. The second kappa shape index (κ2) is 8.51. The van der Waals surface area contributed by atoms with Crippen LogP contribution in [0.4, 0.5) is 15.8 Å². The highest BCUT2D eigenvalue weighted by Gasteiger charge is 2.24. The molecule has 3 aromatic rings. The molecule has 162 valence electrons. The molecular weight excluding hydrogens is 395 g/mol. The summed E-state index contributed by atoms with van der Waals surface area (Å²) in [4.78, 5) is 18.9. The third-order valence-corrected chi connectivity index (χ3v) is 6.03. The maximum Gasteiger partial charge on any atom is 0.252 e. The normalized spacial score (nSPS) is 15.2. The van der Waals surface area contributed by atoms with Crippen LogP contribution in [0.5, 0.6) is 5.75 Å². The Kier molecular flexibility index (Phi) is 5.78. The number of methoxy groups -OCH3 is 1. The Morgan fingerprint density at radius 3 is 2.65 bits per heavy atom. The number of fused-ring (bicyclic) bond motifs is 1. The Labute approximate surface area is 181 Å². The van der Waals surface area contributed by atoms with E-state index in [1.807, 2.05) is 25.1 Å². The number of nitrogens with two attached hydrogens (primary N) is 1. The van der Waals surface area contributed by atoms with Crippen LogP contribution < -0.4 is 15.8 Å². The van der Waals surface area contributed by atoms with E-state index >= 15 is 0 Å². The SMILES string of the molecule is COc1cc2ncc(C(N)=O)c(Nc3ccc(C)cc3F)c2cc1C1CCN(C)CC1. The minimum absolute atomic E-state index is 0.215. The number of pyridine rings is 1. The second-order valence-electron chi connectivity index (χ2n) is 8.21. The zero-order valence-electron chi connectivity index (χ0n) is 18.0. The molecule has 0 radical (unpaired) electrons. The molecule has 0 spiro atoms. The van der Waals surface area contributed by atoms with Gasteiger partial charge in [-0.3, -0.25) is 9.78 Å². The summed E-state index contributed by atoms with van der Waals surface area (Å²) in [7, 11) is 3.77. The van der Waals surface area contributed by atoms with Crippen molar-refractivity contribution in [1.82, 2.24) is 9.88 Å². The molecule has 1 saturated heterocycles. The maximum atomic E-state index is 14.6. The van der Waals surface area contributed by atoms with Crippen molar-refractivity contribution >= 4 is 28.2 Å². The topological polar surface area (TPSA) is 80.5 Å².